The van der Waals surface area contributed by atoms with E-state index in [1.165, 1.54) is 0 Å². The summed E-state index contributed by atoms with van der Waals surface area (Å²) in [6.07, 6.45) is 1.65. The van der Waals surface area contributed by atoms with Crippen molar-refractivity contribution >= 4 is 15.9 Å². The molecule has 16 heavy (non-hydrogen) atoms. The summed E-state index contributed by atoms with van der Waals surface area (Å²) in [5.41, 5.74) is 0.221. The minimum absolute atomic E-state index is 0.391. The number of hydrogen-bond acceptors (Lipinski definition) is 3. The van der Waals surface area contributed by atoms with Gasteiger partial charge in [0.2, 0.25) is 5.88 Å². The summed E-state index contributed by atoms with van der Waals surface area (Å²) in [7, 11) is 0. The van der Waals surface area contributed by atoms with Crippen LogP contribution in [0, 0.1) is 0 Å². The minimum Gasteiger partial charge on any atom is -0.478 e. The van der Waals surface area contributed by atoms with Gasteiger partial charge >= 0.3 is 0 Å². The number of ether oxygens (including phenoxy) is 2. The van der Waals surface area contributed by atoms with Crippen LogP contribution in [0.1, 0.15) is 12.5 Å². The van der Waals surface area contributed by atoms with Crippen LogP contribution in [-0.4, -0.2) is 31.5 Å². The number of alkyl halides is 1. The fourth-order valence-electron chi connectivity index (χ4n) is 1.71. The smallest absolute Gasteiger partial charge is 0.217 e. The zero-order chi connectivity index (χ0) is 11.6. The zero-order valence-electron chi connectivity index (χ0n) is 9.00. The van der Waals surface area contributed by atoms with Gasteiger partial charge in [-0.3, -0.25) is 0 Å². The highest BCUT2D eigenvalue weighted by molar-refractivity contribution is 9.10. The van der Waals surface area contributed by atoms with E-state index in [-0.39, 0.29) is 0 Å². The van der Waals surface area contributed by atoms with Crippen LogP contribution in [0.4, 0.5) is 4.39 Å². The molecule has 0 amide bonds. The van der Waals surface area contributed by atoms with Crippen LogP contribution in [0.3, 0.4) is 0 Å². The molecule has 0 N–H and O–H groups in total. The zero-order valence-corrected chi connectivity index (χ0v) is 10.6. The lowest BCUT2D eigenvalue weighted by Gasteiger charge is -2.39. The summed E-state index contributed by atoms with van der Waals surface area (Å²) in [5, 5.41) is 0. The van der Waals surface area contributed by atoms with E-state index in [1.807, 2.05) is 13.0 Å². The Hall–Kier alpha value is -0.680. The van der Waals surface area contributed by atoms with E-state index in [0.717, 1.165) is 10.0 Å². The third kappa shape index (κ3) is 1.94. The maximum atomic E-state index is 13.2. The molecule has 1 fully saturated rings. The van der Waals surface area contributed by atoms with Crippen LogP contribution in [-0.2, 0) is 10.2 Å². The Morgan fingerprint density at radius 1 is 1.62 bits per heavy atom. The van der Waals surface area contributed by atoms with Gasteiger partial charge in [0.25, 0.3) is 0 Å². The molecule has 88 valence electrons. The average Bonchev–Trinajstić information content (AvgIpc) is 2.21. The van der Waals surface area contributed by atoms with Crippen molar-refractivity contribution in [3.05, 3.63) is 22.3 Å². The molecule has 2 rings (SSSR count). The van der Waals surface area contributed by atoms with E-state index in [2.05, 4.69) is 20.9 Å². The lowest BCUT2D eigenvalue weighted by atomic mass is 9.80. The maximum Gasteiger partial charge on any atom is 0.217 e. The van der Waals surface area contributed by atoms with Gasteiger partial charge in [-0.2, -0.15) is 0 Å². The van der Waals surface area contributed by atoms with Gasteiger partial charge in [-0.05, 0) is 28.9 Å². The van der Waals surface area contributed by atoms with Crippen LogP contribution in [0.5, 0.6) is 5.88 Å². The topological polar surface area (TPSA) is 31.4 Å². The third-order valence-electron chi connectivity index (χ3n) is 2.68. The Morgan fingerprint density at radius 2 is 2.38 bits per heavy atom. The highest BCUT2D eigenvalue weighted by Crippen LogP contribution is 2.38. The molecule has 3 nitrogen and oxygen atoms in total. The fourth-order valence-corrected chi connectivity index (χ4v) is 2.04. The number of rotatable bonds is 4. The predicted molar refractivity (Wildman–Crippen MR) is 61.6 cm³/mol. The van der Waals surface area contributed by atoms with Crippen molar-refractivity contribution in [1.29, 1.82) is 0 Å². The molecule has 0 saturated carbocycles. The first-order valence-corrected chi connectivity index (χ1v) is 5.93. The lowest BCUT2D eigenvalue weighted by molar-refractivity contribution is -0.0718. The fraction of sp³-hybridized carbons (Fsp3) is 0.545. The average molecular weight is 290 g/mol. The molecule has 0 spiro atoms. The van der Waals surface area contributed by atoms with Gasteiger partial charge in [-0.1, -0.05) is 0 Å². The van der Waals surface area contributed by atoms with Crippen molar-refractivity contribution in [2.75, 3.05) is 26.5 Å². The van der Waals surface area contributed by atoms with Gasteiger partial charge in [0.1, 0.15) is 6.67 Å². The van der Waals surface area contributed by atoms with Crippen LogP contribution in [0.2, 0.25) is 0 Å². The van der Waals surface area contributed by atoms with Gasteiger partial charge in [0, 0.05) is 16.2 Å². The van der Waals surface area contributed by atoms with Gasteiger partial charge < -0.3 is 9.47 Å². The normalized spacial score (nSPS) is 17.9. The molecule has 2 heterocycles. The Balaban J connectivity index is 2.40. The number of nitrogens with zero attached hydrogens (tertiary/aromatic N) is 1. The predicted octanol–water partition coefficient (Wildman–Crippen LogP) is 2.48. The molecule has 1 aromatic rings. The molecule has 1 aliphatic rings. The second kappa shape index (κ2) is 4.67. The summed E-state index contributed by atoms with van der Waals surface area (Å²) in [6.45, 7) is 2.73. The molecule has 0 atom stereocenters. The molecular weight excluding hydrogens is 277 g/mol. The van der Waals surface area contributed by atoms with Gasteiger partial charge in [0.05, 0.1) is 25.2 Å². The number of halogens is 2. The summed E-state index contributed by atoms with van der Waals surface area (Å²) < 4.78 is 24.5. The van der Waals surface area contributed by atoms with Crippen LogP contribution in [0.15, 0.2) is 16.7 Å². The van der Waals surface area contributed by atoms with Crippen molar-refractivity contribution < 1.29 is 13.9 Å². The SMILES string of the molecule is CCOc1ncc(Br)cc1C1(CF)COC1. The molecule has 0 bridgehead atoms. The van der Waals surface area contributed by atoms with E-state index >= 15 is 0 Å². The largest absolute Gasteiger partial charge is 0.478 e. The summed E-state index contributed by atoms with van der Waals surface area (Å²) in [4.78, 5) is 4.17. The number of aromatic nitrogens is 1. The van der Waals surface area contributed by atoms with Crippen LogP contribution in [0.25, 0.3) is 0 Å². The van der Waals surface area contributed by atoms with Crippen molar-refractivity contribution in [3.8, 4) is 5.88 Å². The Labute approximate surface area is 102 Å². The van der Waals surface area contributed by atoms with Gasteiger partial charge in [-0.15, -0.1) is 0 Å². The Morgan fingerprint density at radius 3 is 2.88 bits per heavy atom. The van der Waals surface area contributed by atoms with E-state index in [4.69, 9.17) is 9.47 Å². The van der Waals surface area contributed by atoms with E-state index < -0.39 is 12.1 Å². The van der Waals surface area contributed by atoms with E-state index in [1.54, 1.807) is 6.20 Å². The summed E-state index contributed by atoms with van der Waals surface area (Å²) in [6, 6.07) is 1.86. The first-order valence-electron chi connectivity index (χ1n) is 5.14. The highest BCUT2D eigenvalue weighted by Gasteiger charge is 2.43. The number of hydrogen-bond donors (Lipinski definition) is 0. The minimum atomic E-state index is -0.568. The molecule has 1 aliphatic heterocycles. The summed E-state index contributed by atoms with van der Waals surface area (Å²) >= 11 is 3.34. The summed E-state index contributed by atoms with van der Waals surface area (Å²) in [5.74, 6) is 0.506. The third-order valence-corrected chi connectivity index (χ3v) is 3.12. The van der Waals surface area contributed by atoms with Crippen molar-refractivity contribution in [2.24, 2.45) is 0 Å². The second-order valence-corrected chi connectivity index (χ2v) is 4.76. The molecule has 0 unspecified atom stereocenters. The van der Waals surface area contributed by atoms with E-state index in [0.29, 0.717) is 25.7 Å². The van der Waals surface area contributed by atoms with Crippen LogP contribution < -0.4 is 4.74 Å². The molecule has 1 aromatic heterocycles. The van der Waals surface area contributed by atoms with Crippen molar-refractivity contribution in [1.82, 2.24) is 4.98 Å². The van der Waals surface area contributed by atoms with Crippen LogP contribution >= 0.6 is 15.9 Å². The first kappa shape index (κ1) is 11.8. The standard InChI is InChI=1S/C11H13BrFNO2/c1-2-16-10-9(3-8(12)4-14-10)11(5-13)6-15-7-11/h3-4H,2,5-7H2,1H3. The Bertz CT molecular complexity index is 377. The van der Waals surface area contributed by atoms with Crippen molar-refractivity contribution in [3.63, 3.8) is 0 Å². The van der Waals surface area contributed by atoms with Gasteiger partial charge in [0.15, 0.2) is 0 Å². The molecular formula is C11H13BrFNO2. The quantitative estimate of drug-likeness (QED) is 0.853. The monoisotopic (exact) mass is 289 g/mol. The molecule has 5 heteroatoms. The van der Waals surface area contributed by atoms with Crippen molar-refractivity contribution in [2.45, 2.75) is 12.3 Å². The molecule has 0 aromatic carbocycles. The molecule has 0 radical (unpaired) electrons. The highest BCUT2D eigenvalue weighted by atomic mass is 79.9. The molecule has 1 saturated heterocycles. The number of pyridine rings is 1. The second-order valence-electron chi connectivity index (χ2n) is 3.85. The molecule has 0 aliphatic carbocycles. The van der Waals surface area contributed by atoms with Gasteiger partial charge in [-0.25, -0.2) is 9.37 Å². The maximum absolute atomic E-state index is 13.2. The first-order chi connectivity index (χ1) is 7.72. The lowest BCUT2D eigenvalue weighted by Crippen LogP contribution is -2.49. The Kier molecular flexibility index (Phi) is 3.44. The van der Waals surface area contributed by atoms with E-state index in [9.17, 15) is 4.39 Å².